The van der Waals surface area contributed by atoms with E-state index < -0.39 is 0 Å². The highest BCUT2D eigenvalue weighted by molar-refractivity contribution is 7.98. The van der Waals surface area contributed by atoms with Crippen LogP contribution in [-0.2, 0) is 5.75 Å². The molecule has 1 aromatic heterocycles. The Bertz CT molecular complexity index is 559. The monoisotopic (exact) mass is 233 g/mol. The van der Waals surface area contributed by atoms with Crippen LogP contribution >= 0.6 is 11.8 Å². The van der Waals surface area contributed by atoms with Crippen molar-refractivity contribution in [1.29, 1.82) is 0 Å². The average molecular weight is 233 g/mol. The molecule has 0 bridgehead atoms. The molecule has 2 nitrogen and oxygen atoms in total. The Morgan fingerprint density at radius 2 is 2.06 bits per heavy atom. The van der Waals surface area contributed by atoms with Gasteiger partial charge in [0.2, 0.25) is 0 Å². The van der Waals surface area contributed by atoms with Crippen LogP contribution in [0.4, 0.5) is 0 Å². The van der Waals surface area contributed by atoms with E-state index in [0.29, 0.717) is 0 Å². The van der Waals surface area contributed by atoms with Crippen LogP contribution in [0.15, 0.2) is 29.1 Å². The maximum atomic E-state index is 11.9. The maximum absolute atomic E-state index is 11.9. The van der Waals surface area contributed by atoms with Crippen LogP contribution in [0.25, 0.3) is 10.9 Å². The lowest BCUT2D eigenvalue weighted by Crippen LogP contribution is -2.14. The van der Waals surface area contributed by atoms with Gasteiger partial charge in [0, 0.05) is 22.2 Å². The predicted octanol–water partition coefficient (Wildman–Crippen LogP) is 3.09. The summed E-state index contributed by atoms with van der Waals surface area (Å²) in [5.74, 6) is 1.83. The van der Waals surface area contributed by atoms with Crippen LogP contribution < -0.4 is 5.56 Å². The molecule has 0 aliphatic heterocycles. The summed E-state index contributed by atoms with van der Waals surface area (Å²) in [4.78, 5) is 14.8. The van der Waals surface area contributed by atoms with E-state index in [1.807, 2.05) is 25.1 Å². The molecular weight excluding hydrogens is 218 g/mol. The van der Waals surface area contributed by atoms with Crippen molar-refractivity contribution in [2.45, 2.75) is 19.6 Å². The standard InChI is InChI=1S/C13H15NOS/c1-3-16-8-11-9(2)10-6-4-5-7-12(10)14-13(11)15/h4-7H,3,8H2,1-2H3,(H,14,15). The lowest BCUT2D eigenvalue weighted by Gasteiger charge is -2.07. The minimum atomic E-state index is 0.0529. The van der Waals surface area contributed by atoms with Crippen LogP contribution in [0.1, 0.15) is 18.1 Å². The zero-order valence-corrected chi connectivity index (χ0v) is 10.4. The summed E-state index contributed by atoms with van der Waals surface area (Å²) in [6.45, 7) is 4.14. The molecular formula is C13H15NOS. The number of aromatic nitrogens is 1. The van der Waals surface area contributed by atoms with E-state index in [1.54, 1.807) is 11.8 Å². The summed E-state index contributed by atoms with van der Waals surface area (Å²) in [7, 11) is 0. The second kappa shape index (κ2) is 4.74. The van der Waals surface area contributed by atoms with Gasteiger partial charge in [0.05, 0.1) is 0 Å². The Kier molecular flexibility index (Phi) is 3.34. The van der Waals surface area contributed by atoms with Crippen molar-refractivity contribution in [3.8, 4) is 0 Å². The van der Waals surface area contributed by atoms with E-state index in [0.717, 1.165) is 33.5 Å². The number of thioether (sulfide) groups is 1. The number of benzene rings is 1. The Morgan fingerprint density at radius 1 is 1.31 bits per heavy atom. The molecule has 84 valence electrons. The van der Waals surface area contributed by atoms with Crippen molar-refractivity contribution in [3.05, 3.63) is 45.7 Å². The van der Waals surface area contributed by atoms with Crippen LogP contribution in [-0.4, -0.2) is 10.7 Å². The number of para-hydroxylation sites is 1. The minimum Gasteiger partial charge on any atom is -0.322 e. The number of pyridine rings is 1. The number of fused-ring (bicyclic) bond motifs is 1. The summed E-state index contributed by atoms with van der Waals surface area (Å²) in [5.41, 5.74) is 3.00. The molecule has 0 amide bonds. The molecule has 0 aliphatic rings. The van der Waals surface area contributed by atoms with Gasteiger partial charge in [0.25, 0.3) is 5.56 Å². The zero-order chi connectivity index (χ0) is 11.5. The number of aryl methyl sites for hydroxylation is 1. The molecule has 0 saturated carbocycles. The highest BCUT2D eigenvalue weighted by Crippen LogP contribution is 2.19. The number of aromatic amines is 1. The van der Waals surface area contributed by atoms with Crippen molar-refractivity contribution >= 4 is 22.7 Å². The van der Waals surface area contributed by atoms with Gasteiger partial charge in [-0.25, -0.2) is 0 Å². The van der Waals surface area contributed by atoms with Gasteiger partial charge < -0.3 is 4.98 Å². The van der Waals surface area contributed by atoms with E-state index in [2.05, 4.69) is 18.0 Å². The van der Waals surface area contributed by atoms with Crippen LogP contribution in [0.5, 0.6) is 0 Å². The summed E-state index contributed by atoms with van der Waals surface area (Å²) < 4.78 is 0. The van der Waals surface area contributed by atoms with E-state index >= 15 is 0 Å². The van der Waals surface area contributed by atoms with E-state index in [-0.39, 0.29) is 5.56 Å². The first-order valence-corrected chi connectivity index (χ1v) is 6.57. The molecule has 0 unspecified atom stereocenters. The highest BCUT2D eigenvalue weighted by Gasteiger charge is 2.07. The average Bonchev–Trinajstić information content (AvgIpc) is 2.29. The first kappa shape index (κ1) is 11.3. The molecule has 0 fully saturated rings. The summed E-state index contributed by atoms with van der Waals surface area (Å²) >= 11 is 1.78. The molecule has 1 aromatic carbocycles. The largest absolute Gasteiger partial charge is 0.322 e. The summed E-state index contributed by atoms with van der Waals surface area (Å²) in [5, 5.41) is 1.15. The first-order valence-electron chi connectivity index (χ1n) is 5.42. The number of H-pyrrole nitrogens is 1. The van der Waals surface area contributed by atoms with E-state index in [9.17, 15) is 4.79 Å². The Labute approximate surface area is 99.1 Å². The third-order valence-corrected chi connectivity index (χ3v) is 3.66. The first-order chi connectivity index (χ1) is 7.74. The number of hydrogen-bond acceptors (Lipinski definition) is 2. The van der Waals surface area contributed by atoms with E-state index in [1.165, 1.54) is 0 Å². The van der Waals surface area contributed by atoms with Gasteiger partial charge in [-0.15, -0.1) is 0 Å². The zero-order valence-electron chi connectivity index (χ0n) is 9.54. The van der Waals surface area contributed by atoms with Gasteiger partial charge in [0.1, 0.15) is 0 Å². The SMILES string of the molecule is CCSCc1c(C)c2ccccc2[nH]c1=O. The fourth-order valence-corrected chi connectivity index (χ4v) is 2.58. The molecule has 3 heteroatoms. The fraction of sp³-hybridized carbons (Fsp3) is 0.308. The predicted molar refractivity (Wildman–Crippen MR) is 71.1 cm³/mol. The smallest absolute Gasteiger partial charge is 0.252 e. The second-order valence-corrected chi connectivity index (χ2v) is 5.01. The third kappa shape index (κ3) is 2.00. The molecule has 0 radical (unpaired) electrons. The Morgan fingerprint density at radius 3 is 2.81 bits per heavy atom. The van der Waals surface area contributed by atoms with Crippen molar-refractivity contribution in [2.75, 3.05) is 5.75 Å². The lowest BCUT2D eigenvalue weighted by atomic mass is 10.1. The molecule has 0 aliphatic carbocycles. The van der Waals surface area contributed by atoms with Gasteiger partial charge in [-0.1, -0.05) is 25.1 Å². The number of hydrogen-bond donors (Lipinski definition) is 1. The quantitative estimate of drug-likeness (QED) is 0.883. The summed E-state index contributed by atoms with van der Waals surface area (Å²) in [6, 6.07) is 7.95. The lowest BCUT2D eigenvalue weighted by molar-refractivity contribution is 1.18. The molecule has 2 aromatic rings. The number of rotatable bonds is 3. The number of nitrogens with one attached hydrogen (secondary N) is 1. The fourth-order valence-electron chi connectivity index (χ4n) is 1.83. The third-order valence-electron chi connectivity index (χ3n) is 2.76. The van der Waals surface area contributed by atoms with Crippen molar-refractivity contribution in [3.63, 3.8) is 0 Å². The molecule has 1 N–H and O–H groups in total. The van der Waals surface area contributed by atoms with Gasteiger partial charge in [-0.05, 0) is 24.3 Å². The van der Waals surface area contributed by atoms with Crippen molar-refractivity contribution in [2.24, 2.45) is 0 Å². The van der Waals surface area contributed by atoms with Crippen molar-refractivity contribution < 1.29 is 0 Å². The van der Waals surface area contributed by atoms with Crippen LogP contribution in [0.2, 0.25) is 0 Å². The topological polar surface area (TPSA) is 32.9 Å². The van der Waals surface area contributed by atoms with Gasteiger partial charge in [-0.2, -0.15) is 11.8 Å². The Hall–Kier alpha value is -1.22. The van der Waals surface area contributed by atoms with Gasteiger partial charge >= 0.3 is 0 Å². The maximum Gasteiger partial charge on any atom is 0.252 e. The van der Waals surface area contributed by atoms with Crippen molar-refractivity contribution in [1.82, 2.24) is 4.98 Å². The Balaban J connectivity index is 2.61. The van der Waals surface area contributed by atoms with E-state index in [4.69, 9.17) is 0 Å². The molecule has 0 saturated heterocycles. The van der Waals surface area contributed by atoms with Crippen LogP contribution in [0, 0.1) is 6.92 Å². The van der Waals surface area contributed by atoms with Crippen LogP contribution in [0.3, 0.4) is 0 Å². The summed E-state index contributed by atoms with van der Waals surface area (Å²) in [6.07, 6.45) is 0. The molecule has 2 rings (SSSR count). The minimum absolute atomic E-state index is 0.0529. The molecule has 0 spiro atoms. The van der Waals surface area contributed by atoms with Gasteiger partial charge in [-0.3, -0.25) is 4.79 Å². The molecule has 16 heavy (non-hydrogen) atoms. The molecule has 1 heterocycles. The second-order valence-electron chi connectivity index (χ2n) is 3.74. The normalized spacial score (nSPS) is 10.9. The highest BCUT2D eigenvalue weighted by atomic mass is 32.2. The van der Waals surface area contributed by atoms with Gasteiger partial charge in [0.15, 0.2) is 0 Å². The molecule has 0 atom stereocenters.